The van der Waals surface area contributed by atoms with E-state index < -0.39 is 29.6 Å². The third-order valence-electron chi connectivity index (χ3n) is 6.02. The molecule has 1 atom stereocenters. The molecular weight excluding hydrogens is 449 g/mol. The Hall–Kier alpha value is -4.13. The number of ether oxygens (including phenoxy) is 3. The molecule has 2 heterocycles. The molecule has 0 saturated carbocycles. The largest absolute Gasteiger partial charge is 0.489 e. The van der Waals surface area contributed by atoms with E-state index in [-0.39, 0.29) is 12.4 Å². The van der Waals surface area contributed by atoms with Crippen LogP contribution in [0, 0.1) is 11.7 Å². The maximum atomic E-state index is 13.4. The van der Waals surface area contributed by atoms with Gasteiger partial charge in [-0.1, -0.05) is 42.5 Å². The standard InChI is InChI=1S/C28H24FNO5/c1-28(2)34-26(31)25(27(32)35-28)24(22-15-30-23-9-4-3-8-21(22)23)18-10-12-20(13-11-18)33-16-17-6-5-7-19(29)14-17/h3-15,24-25,30H,16H2,1-2H3/t24-/m1/s1. The summed E-state index contributed by atoms with van der Waals surface area (Å²) >= 11 is 0. The highest BCUT2D eigenvalue weighted by atomic mass is 19.1. The predicted octanol–water partition coefficient (Wildman–Crippen LogP) is 5.47. The average molecular weight is 474 g/mol. The molecule has 0 amide bonds. The lowest BCUT2D eigenvalue weighted by atomic mass is 9.80. The van der Waals surface area contributed by atoms with Gasteiger partial charge in [0.1, 0.15) is 18.2 Å². The minimum Gasteiger partial charge on any atom is -0.489 e. The van der Waals surface area contributed by atoms with Gasteiger partial charge in [-0.05, 0) is 47.0 Å². The molecule has 1 fully saturated rings. The van der Waals surface area contributed by atoms with Gasteiger partial charge in [-0.3, -0.25) is 9.59 Å². The Morgan fingerprint density at radius 2 is 1.69 bits per heavy atom. The molecule has 4 aromatic rings. The Bertz CT molecular complexity index is 1370. The van der Waals surface area contributed by atoms with Crippen molar-refractivity contribution < 1.29 is 28.2 Å². The van der Waals surface area contributed by atoms with Crippen molar-refractivity contribution in [3.8, 4) is 5.75 Å². The molecule has 3 aromatic carbocycles. The quantitative estimate of drug-likeness (QED) is 0.297. The molecule has 0 bridgehead atoms. The lowest BCUT2D eigenvalue weighted by Gasteiger charge is -2.36. The lowest BCUT2D eigenvalue weighted by molar-refractivity contribution is -0.240. The molecule has 1 aromatic heterocycles. The summed E-state index contributed by atoms with van der Waals surface area (Å²) in [7, 11) is 0. The number of esters is 2. The summed E-state index contributed by atoms with van der Waals surface area (Å²) in [6.07, 6.45) is 1.81. The molecule has 1 aliphatic rings. The number of carbonyl (C=O) groups is 2. The van der Waals surface area contributed by atoms with Gasteiger partial charge in [0.2, 0.25) is 0 Å². The third-order valence-corrected chi connectivity index (χ3v) is 6.02. The van der Waals surface area contributed by atoms with Crippen molar-refractivity contribution in [2.75, 3.05) is 0 Å². The Kier molecular flexibility index (Phi) is 5.76. The molecule has 1 N–H and O–H groups in total. The zero-order valence-corrected chi connectivity index (χ0v) is 19.3. The van der Waals surface area contributed by atoms with E-state index in [4.69, 9.17) is 14.2 Å². The maximum Gasteiger partial charge on any atom is 0.324 e. The summed E-state index contributed by atoms with van der Waals surface area (Å²) in [6, 6.07) is 21.1. The number of cyclic esters (lactones) is 2. The van der Waals surface area contributed by atoms with Crippen molar-refractivity contribution in [1.29, 1.82) is 0 Å². The van der Waals surface area contributed by atoms with Crippen molar-refractivity contribution in [1.82, 2.24) is 4.98 Å². The Morgan fingerprint density at radius 1 is 0.971 bits per heavy atom. The molecule has 7 heteroatoms. The van der Waals surface area contributed by atoms with E-state index in [9.17, 15) is 14.0 Å². The van der Waals surface area contributed by atoms with Crippen LogP contribution in [0.1, 0.15) is 36.5 Å². The first-order valence-electron chi connectivity index (χ1n) is 11.3. The van der Waals surface area contributed by atoms with Crippen LogP contribution in [-0.2, 0) is 25.7 Å². The highest BCUT2D eigenvalue weighted by Gasteiger charge is 2.48. The molecule has 35 heavy (non-hydrogen) atoms. The van der Waals surface area contributed by atoms with E-state index in [1.165, 1.54) is 26.0 Å². The van der Waals surface area contributed by atoms with Gasteiger partial charge in [0, 0.05) is 36.9 Å². The number of para-hydroxylation sites is 1. The number of aromatic nitrogens is 1. The Balaban J connectivity index is 1.48. The second kappa shape index (κ2) is 8.91. The van der Waals surface area contributed by atoms with Crippen molar-refractivity contribution in [2.45, 2.75) is 32.2 Å². The normalized spacial score (nSPS) is 16.5. The van der Waals surface area contributed by atoms with Crippen LogP contribution in [0.2, 0.25) is 0 Å². The Labute approximate surface area is 201 Å². The summed E-state index contributed by atoms with van der Waals surface area (Å²) in [6.45, 7) is 3.27. The second-order valence-corrected chi connectivity index (χ2v) is 8.97. The van der Waals surface area contributed by atoms with Crippen molar-refractivity contribution in [3.63, 3.8) is 0 Å². The smallest absolute Gasteiger partial charge is 0.324 e. The third kappa shape index (κ3) is 4.62. The summed E-state index contributed by atoms with van der Waals surface area (Å²) in [4.78, 5) is 29.3. The van der Waals surface area contributed by atoms with Crippen molar-refractivity contribution >= 4 is 22.8 Å². The summed E-state index contributed by atoms with van der Waals surface area (Å²) in [5, 5.41) is 0.898. The SMILES string of the molecule is CC1(C)OC(=O)C([C@H](c2ccc(OCc3cccc(F)c3)cc2)c2c[nH]c3ccccc23)C(=O)O1. The molecule has 1 aliphatic heterocycles. The van der Waals surface area contributed by atoms with Crippen LogP contribution in [0.25, 0.3) is 10.9 Å². The van der Waals surface area contributed by atoms with Crippen LogP contribution in [0.4, 0.5) is 4.39 Å². The monoisotopic (exact) mass is 473 g/mol. The second-order valence-electron chi connectivity index (χ2n) is 8.97. The van der Waals surface area contributed by atoms with Crippen LogP contribution in [0.15, 0.2) is 79.0 Å². The van der Waals surface area contributed by atoms with E-state index in [1.54, 1.807) is 24.3 Å². The number of carbonyl (C=O) groups excluding carboxylic acids is 2. The van der Waals surface area contributed by atoms with Crippen LogP contribution in [0.3, 0.4) is 0 Å². The topological polar surface area (TPSA) is 77.6 Å². The number of hydrogen-bond donors (Lipinski definition) is 1. The maximum absolute atomic E-state index is 13.4. The predicted molar refractivity (Wildman–Crippen MR) is 127 cm³/mol. The van der Waals surface area contributed by atoms with Gasteiger partial charge in [-0.2, -0.15) is 0 Å². The highest BCUT2D eigenvalue weighted by Crippen LogP contribution is 2.41. The van der Waals surface area contributed by atoms with Crippen LogP contribution < -0.4 is 4.74 Å². The van der Waals surface area contributed by atoms with Gasteiger partial charge in [0.25, 0.3) is 5.79 Å². The number of nitrogens with one attached hydrogen (secondary N) is 1. The molecule has 0 unspecified atom stereocenters. The van der Waals surface area contributed by atoms with E-state index >= 15 is 0 Å². The van der Waals surface area contributed by atoms with Gasteiger partial charge in [0.15, 0.2) is 5.92 Å². The van der Waals surface area contributed by atoms with Gasteiger partial charge < -0.3 is 19.2 Å². The lowest BCUT2D eigenvalue weighted by Crippen LogP contribution is -2.48. The van der Waals surface area contributed by atoms with Crippen LogP contribution in [-0.4, -0.2) is 22.7 Å². The number of rotatable bonds is 6. The number of aromatic amines is 1. The first kappa shape index (κ1) is 22.7. The first-order chi connectivity index (χ1) is 16.8. The number of H-pyrrole nitrogens is 1. The average Bonchev–Trinajstić information content (AvgIpc) is 3.24. The highest BCUT2D eigenvalue weighted by molar-refractivity contribution is 5.99. The minimum atomic E-state index is -1.32. The molecular formula is C28H24FNO5. The van der Waals surface area contributed by atoms with E-state index in [0.717, 1.165) is 22.0 Å². The molecule has 178 valence electrons. The fourth-order valence-electron chi connectivity index (χ4n) is 4.47. The molecule has 0 radical (unpaired) electrons. The van der Waals surface area contributed by atoms with Crippen molar-refractivity contribution in [2.24, 2.45) is 5.92 Å². The van der Waals surface area contributed by atoms with Gasteiger partial charge in [-0.15, -0.1) is 0 Å². The number of halogens is 1. The zero-order chi connectivity index (χ0) is 24.6. The summed E-state index contributed by atoms with van der Waals surface area (Å²) in [5.41, 5.74) is 3.11. The Morgan fingerprint density at radius 3 is 2.40 bits per heavy atom. The molecule has 1 saturated heterocycles. The molecule has 5 rings (SSSR count). The van der Waals surface area contributed by atoms with Crippen LogP contribution in [0.5, 0.6) is 5.75 Å². The van der Waals surface area contributed by atoms with Gasteiger partial charge in [0.05, 0.1) is 0 Å². The molecule has 6 nitrogen and oxygen atoms in total. The molecule has 0 spiro atoms. The summed E-state index contributed by atoms with van der Waals surface area (Å²) in [5.74, 6) is -4.13. The van der Waals surface area contributed by atoms with E-state index in [0.29, 0.717) is 11.3 Å². The fraction of sp³-hybridized carbons (Fsp3) is 0.214. The van der Waals surface area contributed by atoms with E-state index in [1.807, 2.05) is 42.6 Å². The van der Waals surface area contributed by atoms with E-state index in [2.05, 4.69) is 4.98 Å². The zero-order valence-electron chi connectivity index (χ0n) is 19.3. The van der Waals surface area contributed by atoms with Crippen LogP contribution >= 0.6 is 0 Å². The van der Waals surface area contributed by atoms with Gasteiger partial charge in [-0.25, -0.2) is 4.39 Å². The molecule has 0 aliphatic carbocycles. The number of fused-ring (bicyclic) bond motifs is 1. The van der Waals surface area contributed by atoms with Gasteiger partial charge >= 0.3 is 11.9 Å². The fourth-order valence-corrected chi connectivity index (χ4v) is 4.47. The number of hydrogen-bond acceptors (Lipinski definition) is 5. The summed E-state index contributed by atoms with van der Waals surface area (Å²) < 4.78 is 30.1. The minimum absolute atomic E-state index is 0.208. The number of benzene rings is 3. The van der Waals surface area contributed by atoms with Crippen molar-refractivity contribution in [3.05, 3.63) is 102 Å². The first-order valence-corrected chi connectivity index (χ1v) is 11.3.